The minimum absolute atomic E-state index is 0.0167. The predicted molar refractivity (Wildman–Crippen MR) is 81.2 cm³/mol. The van der Waals surface area contributed by atoms with Crippen LogP contribution in [0.25, 0.3) is 0 Å². The molecule has 1 aliphatic carbocycles. The second kappa shape index (κ2) is 6.29. The highest BCUT2D eigenvalue weighted by molar-refractivity contribution is 5.80. The van der Waals surface area contributed by atoms with Gasteiger partial charge in [-0.05, 0) is 24.0 Å². The summed E-state index contributed by atoms with van der Waals surface area (Å²) in [7, 11) is 1.62. The van der Waals surface area contributed by atoms with Gasteiger partial charge >= 0.3 is 5.97 Å². The Labute approximate surface area is 125 Å². The van der Waals surface area contributed by atoms with Crippen molar-refractivity contribution in [1.29, 1.82) is 0 Å². The van der Waals surface area contributed by atoms with Gasteiger partial charge in [-0.2, -0.15) is 0 Å². The highest BCUT2D eigenvalue weighted by Crippen LogP contribution is 2.62. The molecule has 0 aliphatic heterocycles. The highest BCUT2D eigenvalue weighted by Gasteiger charge is 2.59. The maximum absolute atomic E-state index is 11.6. The summed E-state index contributed by atoms with van der Waals surface area (Å²) in [6.07, 6.45) is 3.83. The van der Waals surface area contributed by atoms with E-state index in [2.05, 4.69) is 12.2 Å². The van der Waals surface area contributed by atoms with Crippen LogP contribution >= 0.6 is 0 Å². The molecular formula is C17H23NO3. The number of carboxylic acid groups (broad SMARTS) is 1. The van der Waals surface area contributed by atoms with Gasteiger partial charge in [-0.25, -0.2) is 0 Å². The number of hydrogen-bond donors (Lipinski definition) is 2. The molecule has 1 aliphatic rings. The number of benzene rings is 1. The van der Waals surface area contributed by atoms with Gasteiger partial charge in [0.15, 0.2) is 0 Å². The summed E-state index contributed by atoms with van der Waals surface area (Å²) in [6.45, 7) is 2.08. The first-order chi connectivity index (χ1) is 10.0. The Morgan fingerprint density at radius 3 is 2.52 bits per heavy atom. The lowest BCUT2D eigenvalue weighted by Gasteiger charge is -2.12. The average molecular weight is 289 g/mol. The minimum atomic E-state index is -0.671. The van der Waals surface area contributed by atoms with Crippen LogP contribution in [0.15, 0.2) is 24.3 Å². The Balaban J connectivity index is 2.06. The Hall–Kier alpha value is -1.84. The number of amides is 1. The van der Waals surface area contributed by atoms with Crippen molar-refractivity contribution < 1.29 is 14.7 Å². The van der Waals surface area contributed by atoms with Crippen molar-refractivity contribution in [2.45, 2.75) is 44.9 Å². The monoisotopic (exact) mass is 289 g/mol. The second-order valence-corrected chi connectivity index (χ2v) is 5.91. The van der Waals surface area contributed by atoms with Gasteiger partial charge in [-0.1, -0.05) is 44.0 Å². The Morgan fingerprint density at radius 2 is 2.00 bits per heavy atom. The Morgan fingerprint density at radius 1 is 1.33 bits per heavy atom. The van der Waals surface area contributed by atoms with E-state index in [9.17, 15) is 14.7 Å². The van der Waals surface area contributed by atoms with Gasteiger partial charge in [-0.3, -0.25) is 9.59 Å². The molecule has 2 atom stereocenters. The van der Waals surface area contributed by atoms with Crippen LogP contribution in [0.2, 0.25) is 0 Å². The maximum atomic E-state index is 11.6. The summed E-state index contributed by atoms with van der Waals surface area (Å²) in [5, 5.41) is 12.1. The van der Waals surface area contributed by atoms with Gasteiger partial charge in [0, 0.05) is 13.0 Å². The van der Waals surface area contributed by atoms with E-state index in [1.165, 1.54) is 0 Å². The van der Waals surface area contributed by atoms with Crippen molar-refractivity contribution in [2.75, 3.05) is 7.05 Å². The largest absolute Gasteiger partial charge is 0.481 e. The molecule has 0 aromatic heterocycles. The van der Waals surface area contributed by atoms with Gasteiger partial charge in [-0.15, -0.1) is 0 Å². The molecule has 1 aromatic rings. The number of carboxylic acids is 1. The van der Waals surface area contributed by atoms with Gasteiger partial charge < -0.3 is 10.4 Å². The van der Waals surface area contributed by atoms with Crippen LogP contribution in [-0.4, -0.2) is 24.0 Å². The molecule has 21 heavy (non-hydrogen) atoms. The van der Waals surface area contributed by atoms with Crippen LogP contribution in [0.4, 0.5) is 0 Å². The van der Waals surface area contributed by atoms with Crippen LogP contribution in [0, 0.1) is 5.41 Å². The molecule has 2 N–H and O–H groups in total. The molecule has 114 valence electrons. The van der Waals surface area contributed by atoms with Gasteiger partial charge in [0.25, 0.3) is 0 Å². The van der Waals surface area contributed by atoms with E-state index in [-0.39, 0.29) is 11.8 Å². The van der Waals surface area contributed by atoms with Crippen LogP contribution in [-0.2, 0) is 16.0 Å². The van der Waals surface area contributed by atoms with E-state index in [4.69, 9.17) is 0 Å². The summed E-state index contributed by atoms with van der Waals surface area (Å²) in [5.74, 6) is -0.567. The van der Waals surface area contributed by atoms with Crippen molar-refractivity contribution in [3.05, 3.63) is 35.4 Å². The van der Waals surface area contributed by atoms with Crippen LogP contribution in [0.1, 0.15) is 49.7 Å². The van der Waals surface area contributed by atoms with Crippen molar-refractivity contribution in [2.24, 2.45) is 5.41 Å². The SMILES string of the molecule is CCCCC1(C(=O)O)CC1c1ccc(CC(=O)NC)cc1. The van der Waals surface area contributed by atoms with Crippen LogP contribution in [0.3, 0.4) is 0 Å². The summed E-state index contributed by atoms with van der Waals surface area (Å²) in [6, 6.07) is 7.80. The fourth-order valence-corrected chi connectivity index (χ4v) is 3.00. The Bertz CT molecular complexity index is 523. The molecule has 1 aromatic carbocycles. The normalized spacial score (nSPS) is 23.6. The third-order valence-electron chi connectivity index (χ3n) is 4.50. The molecule has 2 rings (SSSR count). The number of nitrogens with one attached hydrogen (secondary N) is 1. The zero-order valence-corrected chi connectivity index (χ0v) is 12.7. The average Bonchev–Trinajstić information content (AvgIpc) is 3.22. The topological polar surface area (TPSA) is 66.4 Å². The van der Waals surface area contributed by atoms with E-state index in [1.54, 1.807) is 7.05 Å². The molecular weight excluding hydrogens is 266 g/mol. The van der Waals surface area contributed by atoms with Crippen molar-refractivity contribution >= 4 is 11.9 Å². The molecule has 2 unspecified atom stereocenters. The zero-order valence-electron chi connectivity index (χ0n) is 12.7. The fourth-order valence-electron chi connectivity index (χ4n) is 3.00. The van der Waals surface area contributed by atoms with Gasteiger partial charge in [0.1, 0.15) is 0 Å². The lowest BCUT2D eigenvalue weighted by Crippen LogP contribution is -2.19. The predicted octanol–water partition coefficient (Wildman–Crippen LogP) is 2.72. The number of rotatable bonds is 7. The molecule has 0 bridgehead atoms. The molecule has 1 amide bonds. The maximum Gasteiger partial charge on any atom is 0.310 e. The van der Waals surface area contributed by atoms with E-state index < -0.39 is 11.4 Å². The molecule has 0 heterocycles. The number of aliphatic carboxylic acids is 1. The summed E-state index contributed by atoms with van der Waals surface area (Å²) in [4.78, 5) is 22.9. The summed E-state index contributed by atoms with van der Waals surface area (Å²) < 4.78 is 0. The third kappa shape index (κ3) is 3.26. The van der Waals surface area contributed by atoms with Gasteiger partial charge in [0.05, 0.1) is 11.8 Å². The molecule has 1 saturated carbocycles. The van der Waals surface area contributed by atoms with Crippen molar-refractivity contribution in [3.63, 3.8) is 0 Å². The lowest BCUT2D eigenvalue weighted by molar-refractivity contribution is -0.143. The Kier molecular flexibility index (Phi) is 4.66. The standard InChI is InChI=1S/C17H23NO3/c1-3-4-9-17(16(20)21)11-14(17)13-7-5-12(6-8-13)10-15(19)18-2/h5-8,14H,3-4,9-11H2,1-2H3,(H,18,19)(H,20,21). The molecule has 4 heteroatoms. The smallest absolute Gasteiger partial charge is 0.310 e. The number of carbonyl (C=O) groups is 2. The zero-order chi connectivity index (χ0) is 15.5. The summed E-state index contributed by atoms with van der Waals surface area (Å²) >= 11 is 0. The van der Waals surface area contributed by atoms with Gasteiger partial charge in [0.2, 0.25) is 5.91 Å². The molecule has 0 spiro atoms. The van der Waals surface area contributed by atoms with E-state index in [0.717, 1.165) is 36.8 Å². The first-order valence-electron chi connectivity index (χ1n) is 7.56. The van der Waals surface area contributed by atoms with Crippen molar-refractivity contribution in [1.82, 2.24) is 5.32 Å². The number of likely N-dealkylation sites (N-methyl/N-ethyl adjacent to an activating group) is 1. The van der Waals surface area contributed by atoms with E-state index in [1.807, 2.05) is 24.3 Å². The van der Waals surface area contributed by atoms with Crippen LogP contribution < -0.4 is 5.32 Å². The van der Waals surface area contributed by atoms with Crippen molar-refractivity contribution in [3.8, 4) is 0 Å². The lowest BCUT2D eigenvalue weighted by atomic mass is 9.93. The fraction of sp³-hybridized carbons (Fsp3) is 0.529. The van der Waals surface area contributed by atoms with E-state index in [0.29, 0.717) is 6.42 Å². The van der Waals surface area contributed by atoms with E-state index >= 15 is 0 Å². The van der Waals surface area contributed by atoms with Crippen LogP contribution in [0.5, 0.6) is 0 Å². The molecule has 4 nitrogen and oxygen atoms in total. The molecule has 0 saturated heterocycles. The number of carbonyl (C=O) groups excluding carboxylic acids is 1. The minimum Gasteiger partial charge on any atom is -0.481 e. The third-order valence-corrected chi connectivity index (χ3v) is 4.50. The second-order valence-electron chi connectivity index (χ2n) is 5.91. The molecule has 1 fully saturated rings. The quantitative estimate of drug-likeness (QED) is 0.811. The number of unbranched alkanes of at least 4 members (excludes halogenated alkanes) is 1. The number of hydrogen-bond acceptors (Lipinski definition) is 2. The first kappa shape index (κ1) is 15.5. The highest BCUT2D eigenvalue weighted by atomic mass is 16.4. The molecule has 0 radical (unpaired) electrons. The first-order valence-corrected chi connectivity index (χ1v) is 7.56. The summed E-state index contributed by atoms with van der Waals surface area (Å²) in [5.41, 5.74) is 1.47.